The maximum atomic E-state index is 11.5. The number of nitrogens with one attached hydrogen (secondary N) is 1. The molecule has 1 aliphatic rings. The third-order valence-electron chi connectivity index (χ3n) is 6.36. The summed E-state index contributed by atoms with van der Waals surface area (Å²) in [5.74, 6) is 0.119. The van der Waals surface area contributed by atoms with Gasteiger partial charge in [-0.1, -0.05) is 28.5 Å². The lowest BCUT2D eigenvalue weighted by atomic mass is 10.0. The molecule has 4 heterocycles. The van der Waals surface area contributed by atoms with Crippen molar-refractivity contribution in [3.8, 4) is 17.1 Å². The van der Waals surface area contributed by atoms with E-state index >= 15 is 0 Å². The number of rotatable bonds is 10. The minimum Gasteiger partial charge on any atom is -0.496 e. The second-order valence-corrected chi connectivity index (χ2v) is 8.90. The minimum absolute atomic E-state index is 0.370. The van der Waals surface area contributed by atoms with Crippen LogP contribution < -0.4 is 10.1 Å². The van der Waals surface area contributed by atoms with Crippen molar-refractivity contribution < 1.29 is 33.2 Å². The molecule has 4 aromatic rings. The summed E-state index contributed by atoms with van der Waals surface area (Å²) < 4.78 is 27.8. The molecule has 11 nitrogen and oxygen atoms in total. The predicted molar refractivity (Wildman–Crippen MR) is 136 cm³/mol. The number of benzene rings is 1. The monoisotopic (exact) mass is 520 g/mol. The third kappa shape index (κ3) is 5.38. The summed E-state index contributed by atoms with van der Waals surface area (Å²) in [6, 6.07) is 10.5. The summed E-state index contributed by atoms with van der Waals surface area (Å²) in [6.45, 7) is 2.89. The normalized spacial score (nSPS) is 15.7. The molecule has 38 heavy (non-hydrogen) atoms. The van der Waals surface area contributed by atoms with E-state index in [1.807, 2.05) is 43.3 Å². The molecule has 0 saturated carbocycles. The summed E-state index contributed by atoms with van der Waals surface area (Å²) in [5.41, 5.74) is 3.46. The maximum absolute atomic E-state index is 11.5. The second kappa shape index (κ2) is 11.0. The molecule has 1 aromatic carbocycles. The van der Waals surface area contributed by atoms with E-state index in [0.29, 0.717) is 60.9 Å². The fraction of sp³-hybridized carbons (Fsp3) is 0.333. The number of allylic oxidation sites excluding steroid dienone is 1. The van der Waals surface area contributed by atoms with Crippen LogP contribution in [-0.4, -0.2) is 46.8 Å². The topological polar surface area (TPSA) is 142 Å². The first-order chi connectivity index (χ1) is 18.5. The Hall–Kier alpha value is -4.22. The van der Waals surface area contributed by atoms with Crippen LogP contribution in [0.1, 0.15) is 42.4 Å². The number of hydrogen-bond acceptors (Lipinski definition) is 9. The van der Waals surface area contributed by atoms with Crippen LogP contribution in [0.25, 0.3) is 22.2 Å². The molecule has 2 N–H and O–H groups in total. The first kappa shape index (κ1) is 25.4. The molecule has 1 atom stereocenters. The zero-order valence-corrected chi connectivity index (χ0v) is 21.0. The van der Waals surface area contributed by atoms with Crippen molar-refractivity contribution in [1.29, 1.82) is 0 Å². The van der Waals surface area contributed by atoms with E-state index in [1.165, 1.54) is 6.26 Å². The fourth-order valence-electron chi connectivity index (χ4n) is 4.51. The van der Waals surface area contributed by atoms with Crippen molar-refractivity contribution in [2.24, 2.45) is 0 Å². The van der Waals surface area contributed by atoms with Gasteiger partial charge in [0.25, 0.3) is 0 Å². The van der Waals surface area contributed by atoms with Crippen molar-refractivity contribution in [1.82, 2.24) is 20.6 Å². The Morgan fingerprint density at radius 1 is 1.18 bits per heavy atom. The smallest absolute Gasteiger partial charge is 0.405 e. The van der Waals surface area contributed by atoms with Gasteiger partial charge < -0.3 is 33.7 Å². The Morgan fingerprint density at radius 2 is 2.03 bits per heavy atom. The number of amides is 1. The average molecular weight is 521 g/mol. The van der Waals surface area contributed by atoms with Gasteiger partial charge in [-0.2, -0.15) is 0 Å². The van der Waals surface area contributed by atoms with Crippen molar-refractivity contribution in [2.45, 2.75) is 38.0 Å². The fourth-order valence-corrected chi connectivity index (χ4v) is 4.51. The Balaban J connectivity index is 1.30. The van der Waals surface area contributed by atoms with Gasteiger partial charge in [-0.05, 0) is 31.9 Å². The Morgan fingerprint density at radius 3 is 2.76 bits per heavy atom. The number of methoxy groups -OCH3 is 1. The molecule has 1 aliphatic heterocycles. The third-order valence-corrected chi connectivity index (χ3v) is 6.36. The Kier molecular flexibility index (Phi) is 7.38. The summed E-state index contributed by atoms with van der Waals surface area (Å²) in [6.07, 6.45) is 5.70. The highest BCUT2D eigenvalue weighted by Gasteiger charge is 2.40. The summed E-state index contributed by atoms with van der Waals surface area (Å²) in [5, 5.41) is 21.0. The summed E-state index contributed by atoms with van der Waals surface area (Å²) >= 11 is 0. The van der Waals surface area contributed by atoms with E-state index in [2.05, 4.69) is 20.6 Å². The molecule has 1 unspecified atom stereocenters. The lowest BCUT2D eigenvalue weighted by Gasteiger charge is -2.24. The van der Waals surface area contributed by atoms with E-state index in [0.717, 1.165) is 16.6 Å². The molecular weight excluding hydrogens is 492 g/mol. The highest BCUT2D eigenvalue weighted by molar-refractivity contribution is 5.87. The molecular formula is C27H28N4O7. The zero-order valence-electron chi connectivity index (χ0n) is 21.0. The Bertz CT molecular complexity index is 1420. The number of ether oxygens (including phenoxy) is 3. The number of aryl methyl sites for hydroxylation is 1. The van der Waals surface area contributed by atoms with Gasteiger partial charge in [-0.15, -0.1) is 0 Å². The van der Waals surface area contributed by atoms with Crippen LogP contribution in [0.2, 0.25) is 0 Å². The van der Waals surface area contributed by atoms with E-state index in [-0.39, 0.29) is 0 Å². The van der Waals surface area contributed by atoms with Crippen molar-refractivity contribution >= 4 is 17.0 Å². The first-order valence-electron chi connectivity index (χ1n) is 12.2. The van der Waals surface area contributed by atoms with Crippen molar-refractivity contribution in [3.05, 3.63) is 71.9 Å². The van der Waals surface area contributed by atoms with Crippen LogP contribution in [0.3, 0.4) is 0 Å². The van der Waals surface area contributed by atoms with Crippen LogP contribution >= 0.6 is 0 Å². The van der Waals surface area contributed by atoms with Gasteiger partial charge >= 0.3 is 6.09 Å². The number of carbonyl (C=O) groups is 1. The largest absolute Gasteiger partial charge is 0.496 e. The molecule has 1 saturated heterocycles. The predicted octanol–water partition coefficient (Wildman–Crippen LogP) is 5.13. The van der Waals surface area contributed by atoms with Crippen LogP contribution in [-0.2, 0) is 15.3 Å². The number of pyridine rings is 1. The summed E-state index contributed by atoms with van der Waals surface area (Å²) in [7, 11) is 1.58. The van der Waals surface area contributed by atoms with Gasteiger partial charge in [0.1, 0.15) is 23.4 Å². The minimum atomic E-state index is -1.16. The molecule has 0 aliphatic carbocycles. The van der Waals surface area contributed by atoms with Gasteiger partial charge in [0, 0.05) is 35.7 Å². The average Bonchev–Trinajstić information content (AvgIpc) is 3.69. The maximum Gasteiger partial charge on any atom is 0.405 e. The van der Waals surface area contributed by atoms with E-state index in [9.17, 15) is 9.90 Å². The zero-order chi connectivity index (χ0) is 26.5. The van der Waals surface area contributed by atoms with Gasteiger partial charge in [0.05, 0.1) is 37.4 Å². The van der Waals surface area contributed by atoms with Crippen LogP contribution in [0.5, 0.6) is 5.75 Å². The molecule has 3 aromatic heterocycles. The van der Waals surface area contributed by atoms with E-state index < -0.39 is 17.9 Å². The number of carboxylic acid groups (broad SMARTS) is 1. The van der Waals surface area contributed by atoms with Crippen LogP contribution in [0.4, 0.5) is 4.79 Å². The second-order valence-electron chi connectivity index (χ2n) is 8.90. The lowest BCUT2D eigenvalue weighted by Crippen LogP contribution is -2.27. The first-order valence-corrected chi connectivity index (χ1v) is 12.2. The Labute approximate surface area is 218 Å². The van der Waals surface area contributed by atoms with Gasteiger partial charge in [0.15, 0.2) is 5.76 Å². The van der Waals surface area contributed by atoms with Gasteiger partial charge in [0.2, 0.25) is 5.79 Å². The molecule has 0 radical (unpaired) electrons. The number of hydrogen-bond donors (Lipinski definition) is 2. The van der Waals surface area contributed by atoms with E-state index in [4.69, 9.17) is 23.3 Å². The highest BCUT2D eigenvalue weighted by Crippen LogP contribution is 2.36. The van der Waals surface area contributed by atoms with Crippen LogP contribution in [0, 0.1) is 6.92 Å². The highest BCUT2D eigenvalue weighted by atomic mass is 16.7. The molecule has 1 fully saturated rings. The molecule has 0 bridgehead atoms. The van der Waals surface area contributed by atoms with Crippen molar-refractivity contribution in [2.75, 3.05) is 20.3 Å². The van der Waals surface area contributed by atoms with E-state index in [1.54, 1.807) is 19.2 Å². The summed E-state index contributed by atoms with van der Waals surface area (Å²) in [4.78, 5) is 16.0. The number of nitrogens with zero attached hydrogens (tertiary/aromatic N) is 3. The standard InChI is InChI=1S/C27H28N4O7/c1-17-7-8-18-14-19(23(34-2)15-21(18)28-17)24-16-22(30-38-24)20(29-26(32)33)6-4-3-5-10-27(35-12-13-36-27)25-9-11-37-31-25/h3-4,7-9,11,14-16,20,29H,5-6,10,12-13H2,1-2H3,(H,32,33)/b4-3+. The SMILES string of the molecule is COc1cc2nc(C)ccc2cc1-c1cc(C(C/C=C/CCC2(c3ccon3)OCCO2)NC(=O)O)no1. The molecule has 11 heteroatoms. The van der Waals surface area contributed by atoms with Crippen LogP contribution in [0.15, 0.2) is 63.9 Å². The number of fused-ring (bicyclic) bond motifs is 1. The van der Waals surface area contributed by atoms with Gasteiger partial charge in [-0.25, -0.2) is 4.79 Å². The molecule has 5 rings (SSSR count). The quantitative estimate of drug-likeness (QED) is 0.270. The molecule has 198 valence electrons. The number of aromatic nitrogens is 3. The van der Waals surface area contributed by atoms with Gasteiger partial charge in [-0.3, -0.25) is 4.98 Å². The molecule has 1 amide bonds. The molecule has 0 spiro atoms. The lowest BCUT2D eigenvalue weighted by molar-refractivity contribution is -0.174. The van der Waals surface area contributed by atoms with Crippen molar-refractivity contribution in [3.63, 3.8) is 0 Å².